The van der Waals surface area contributed by atoms with E-state index in [1.54, 1.807) is 19.1 Å². The summed E-state index contributed by atoms with van der Waals surface area (Å²) in [7, 11) is 0. The Hall–Kier alpha value is -1.44. The SMILES string of the molecule is Cc1ccc(Cl)cc1C(=O)N=C=O. The van der Waals surface area contributed by atoms with Gasteiger partial charge in [0.2, 0.25) is 6.08 Å². The zero-order valence-corrected chi connectivity index (χ0v) is 7.63. The fraction of sp³-hybridized carbons (Fsp3) is 0.111. The van der Waals surface area contributed by atoms with Crippen LogP contribution < -0.4 is 0 Å². The predicted molar refractivity (Wildman–Crippen MR) is 48.6 cm³/mol. The van der Waals surface area contributed by atoms with Gasteiger partial charge in [-0.1, -0.05) is 17.7 Å². The number of benzene rings is 1. The van der Waals surface area contributed by atoms with Gasteiger partial charge in [-0.15, -0.1) is 4.99 Å². The van der Waals surface area contributed by atoms with Crippen molar-refractivity contribution in [3.63, 3.8) is 0 Å². The lowest BCUT2D eigenvalue weighted by Crippen LogP contribution is -1.97. The van der Waals surface area contributed by atoms with Crippen LogP contribution in [0.5, 0.6) is 0 Å². The predicted octanol–water partition coefficient (Wildman–Crippen LogP) is 2.12. The maximum atomic E-state index is 11.1. The average molecular weight is 196 g/mol. The maximum Gasteiger partial charge on any atom is 0.288 e. The van der Waals surface area contributed by atoms with Crippen LogP contribution in [0.1, 0.15) is 15.9 Å². The summed E-state index contributed by atoms with van der Waals surface area (Å²) in [6, 6.07) is 4.83. The van der Waals surface area contributed by atoms with Gasteiger partial charge in [-0.2, -0.15) is 0 Å². The van der Waals surface area contributed by atoms with E-state index < -0.39 is 5.91 Å². The number of hydrogen-bond donors (Lipinski definition) is 0. The first-order valence-electron chi connectivity index (χ1n) is 3.53. The normalized spacial score (nSPS) is 9.08. The number of hydrogen-bond acceptors (Lipinski definition) is 2. The fourth-order valence-corrected chi connectivity index (χ4v) is 1.10. The molecule has 0 aliphatic carbocycles. The summed E-state index contributed by atoms with van der Waals surface area (Å²) in [5.41, 5.74) is 1.06. The van der Waals surface area contributed by atoms with Gasteiger partial charge in [0, 0.05) is 10.6 Å². The number of amides is 1. The largest absolute Gasteiger partial charge is 0.288 e. The Morgan fingerprint density at radius 2 is 2.23 bits per heavy atom. The number of halogens is 1. The lowest BCUT2D eigenvalue weighted by Gasteiger charge is -1.99. The van der Waals surface area contributed by atoms with Crippen LogP contribution in [0.3, 0.4) is 0 Å². The minimum Gasteiger partial charge on any atom is -0.266 e. The topological polar surface area (TPSA) is 46.5 Å². The molecule has 0 saturated heterocycles. The van der Waals surface area contributed by atoms with E-state index in [9.17, 15) is 9.59 Å². The summed E-state index contributed by atoms with van der Waals surface area (Å²) in [5.74, 6) is -0.616. The van der Waals surface area contributed by atoms with Crippen molar-refractivity contribution >= 4 is 23.6 Å². The minimum atomic E-state index is -0.616. The summed E-state index contributed by atoms with van der Waals surface area (Å²) < 4.78 is 0. The van der Waals surface area contributed by atoms with Crippen molar-refractivity contribution in [1.29, 1.82) is 0 Å². The van der Waals surface area contributed by atoms with Crippen molar-refractivity contribution in [3.8, 4) is 0 Å². The molecule has 3 nitrogen and oxygen atoms in total. The highest BCUT2D eigenvalue weighted by Crippen LogP contribution is 2.15. The molecule has 0 saturated carbocycles. The van der Waals surface area contributed by atoms with Crippen LogP contribution >= 0.6 is 11.6 Å². The van der Waals surface area contributed by atoms with E-state index in [1.807, 2.05) is 0 Å². The van der Waals surface area contributed by atoms with Gasteiger partial charge < -0.3 is 0 Å². The van der Waals surface area contributed by atoms with E-state index in [0.29, 0.717) is 10.6 Å². The molecular formula is C9H6ClNO2. The molecule has 0 aromatic heterocycles. The van der Waals surface area contributed by atoms with Crippen LogP contribution in [0.25, 0.3) is 0 Å². The molecule has 1 rings (SSSR count). The fourth-order valence-electron chi connectivity index (χ4n) is 0.926. The molecule has 66 valence electrons. The first kappa shape index (κ1) is 9.65. The van der Waals surface area contributed by atoms with Gasteiger partial charge in [-0.05, 0) is 24.6 Å². The molecule has 1 amide bonds. The number of rotatable bonds is 1. The summed E-state index contributed by atoms with van der Waals surface area (Å²) in [6.45, 7) is 1.74. The van der Waals surface area contributed by atoms with Crippen LogP contribution in [0.15, 0.2) is 23.2 Å². The summed E-state index contributed by atoms with van der Waals surface area (Å²) in [6.07, 6.45) is 1.20. The molecule has 13 heavy (non-hydrogen) atoms. The third-order valence-electron chi connectivity index (χ3n) is 1.58. The van der Waals surface area contributed by atoms with Crippen molar-refractivity contribution in [2.24, 2.45) is 4.99 Å². The van der Waals surface area contributed by atoms with E-state index >= 15 is 0 Å². The van der Waals surface area contributed by atoms with Crippen LogP contribution in [-0.4, -0.2) is 12.0 Å². The first-order chi connectivity index (χ1) is 6.15. The second kappa shape index (κ2) is 3.99. The van der Waals surface area contributed by atoms with Crippen molar-refractivity contribution in [3.05, 3.63) is 34.3 Å². The molecule has 0 fully saturated rings. The zero-order chi connectivity index (χ0) is 9.84. The van der Waals surface area contributed by atoms with E-state index in [0.717, 1.165) is 5.56 Å². The Kier molecular flexibility index (Phi) is 2.96. The molecule has 0 N–H and O–H groups in total. The Balaban J connectivity index is 3.20. The number of aryl methyl sites for hydroxylation is 1. The van der Waals surface area contributed by atoms with Gasteiger partial charge in [0.05, 0.1) is 0 Å². The van der Waals surface area contributed by atoms with Gasteiger partial charge in [-0.25, -0.2) is 4.79 Å². The molecular weight excluding hydrogens is 190 g/mol. The van der Waals surface area contributed by atoms with E-state index in [1.165, 1.54) is 12.1 Å². The summed E-state index contributed by atoms with van der Waals surface area (Å²) >= 11 is 5.67. The Bertz CT molecular complexity index is 395. The minimum absolute atomic E-state index is 0.329. The van der Waals surface area contributed by atoms with Gasteiger partial charge >= 0.3 is 0 Å². The molecule has 4 heteroatoms. The number of aliphatic imine (C=N–C) groups is 1. The third-order valence-corrected chi connectivity index (χ3v) is 1.81. The van der Waals surface area contributed by atoms with Gasteiger partial charge in [0.1, 0.15) is 0 Å². The highest BCUT2D eigenvalue weighted by Gasteiger charge is 2.07. The smallest absolute Gasteiger partial charge is 0.266 e. The van der Waals surface area contributed by atoms with Gasteiger partial charge in [0.25, 0.3) is 5.91 Å². The molecule has 0 unspecified atom stereocenters. The number of carbonyl (C=O) groups excluding carboxylic acids is 2. The van der Waals surface area contributed by atoms with Crippen molar-refractivity contribution in [2.75, 3.05) is 0 Å². The molecule has 0 atom stereocenters. The average Bonchev–Trinajstić information content (AvgIpc) is 2.09. The quantitative estimate of drug-likeness (QED) is 0.509. The Morgan fingerprint density at radius 1 is 1.54 bits per heavy atom. The Morgan fingerprint density at radius 3 is 2.85 bits per heavy atom. The second-order valence-electron chi connectivity index (χ2n) is 2.47. The molecule has 0 spiro atoms. The standard InChI is InChI=1S/C9H6ClNO2/c1-6-2-3-7(10)4-8(6)9(13)11-5-12/h2-4H,1H3. The first-order valence-corrected chi connectivity index (χ1v) is 3.91. The van der Waals surface area contributed by atoms with Crippen molar-refractivity contribution in [1.82, 2.24) is 0 Å². The lowest BCUT2D eigenvalue weighted by atomic mass is 10.1. The van der Waals surface area contributed by atoms with Gasteiger partial charge in [0.15, 0.2) is 0 Å². The van der Waals surface area contributed by atoms with Crippen molar-refractivity contribution < 1.29 is 9.59 Å². The number of carbonyl (C=O) groups is 1. The Labute approximate surface area is 80.0 Å². The highest BCUT2D eigenvalue weighted by atomic mass is 35.5. The number of isocyanates is 1. The van der Waals surface area contributed by atoms with Crippen LogP contribution in [-0.2, 0) is 4.79 Å². The molecule has 1 aromatic rings. The molecule has 0 heterocycles. The zero-order valence-electron chi connectivity index (χ0n) is 6.87. The second-order valence-corrected chi connectivity index (χ2v) is 2.90. The van der Waals surface area contributed by atoms with Crippen LogP contribution in [0.4, 0.5) is 0 Å². The van der Waals surface area contributed by atoms with Gasteiger partial charge in [-0.3, -0.25) is 4.79 Å². The van der Waals surface area contributed by atoms with E-state index in [2.05, 4.69) is 4.99 Å². The summed E-state index contributed by atoms with van der Waals surface area (Å²) in [5, 5.41) is 0.440. The molecule has 0 bridgehead atoms. The molecule has 0 radical (unpaired) electrons. The maximum absolute atomic E-state index is 11.1. The van der Waals surface area contributed by atoms with E-state index in [-0.39, 0.29) is 0 Å². The molecule has 0 aliphatic heterocycles. The highest BCUT2D eigenvalue weighted by molar-refractivity contribution is 6.31. The van der Waals surface area contributed by atoms with Crippen LogP contribution in [0, 0.1) is 6.92 Å². The molecule has 0 aliphatic rings. The van der Waals surface area contributed by atoms with E-state index in [4.69, 9.17) is 11.6 Å². The lowest BCUT2D eigenvalue weighted by molar-refractivity contribution is 0.100. The number of nitrogens with zero attached hydrogens (tertiary/aromatic N) is 1. The molecule has 1 aromatic carbocycles. The summed E-state index contributed by atoms with van der Waals surface area (Å²) in [4.78, 5) is 24.0. The third kappa shape index (κ3) is 2.25. The van der Waals surface area contributed by atoms with Crippen LogP contribution in [0.2, 0.25) is 5.02 Å². The van der Waals surface area contributed by atoms with Crippen molar-refractivity contribution in [2.45, 2.75) is 6.92 Å². The monoisotopic (exact) mass is 195 g/mol.